The van der Waals surface area contributed by atoms with E-state index in [0.29, 0.717) is 48.0 Å². The van der Waals surface area contributed by atoms with Crippen molar-refractivity contribution in [2.45, 2.75) is 46.1 Å². The van der Waals surface area contributed by atoms with E-state index in [1.807, 2.05) is 45.2 Å². The first-order chi connectivity index (χ1) is 19.0. The van der Waals surface area contributed by atoms with Crippen molar-refractivity contribution in [1.82, 2.24) is 14.9 Å². The number of aromatic nitrogens is 2. The molecule has 0 N–H and O–H groups in total. The summed E-state index contributed by atoms with van der Waals surface area (Å²) in [5.74, 6) is 0.636. The molecular formula is C32H34ClFN4O2. The van der Waals surface area contributed by atoms with Gasteiger partial charge in [0.2, 0.25) is 0 Å². The maximum absolute atomic E-state index is 14.9. The number of benzene rings is 2. The first-order valence-electron chi connectivity index (χ1n) is 13.6. The van der Waals surface area contributed by atoms with Gasteiger partial charge in [0.1, 0.15) is 17.2 Å². The van der Waals surface area contributed by atoms with Crippen molar-refractivity contribution in [2.75, 3.05) is 31.1 Å². The zero-order valence-electron chi connectivity index (χ0n) is 23.5. The molecule has 0 spiro atoms. The third kappa shape index (κ3) is 5.61. The summed E-state index contributed by atoms with van der Waals surface area (Å²) >= 11 is 6.78. The molecule has 0 unspecified atom stereocenters. The van der Waals surface area contributed by atoms with E-state index in [1.165, 1.54) is 11.6 Å². The summed E-state index contributed by atoms with van der Waals surface area (Å²) in [6.07, 6.45) is 1.54. The van der Waals surface area contributed by atoms with Crippen LogP contribution in [0.25, 0.3) is 33.3 Å². The van der Waals surface area contributed by atoms with Gasteiger partial charge in [0.05, 0.1) is 16.2 Å². The molecule has 0 bridgehead atoms. The molecule has 1 saturated heterocycles. The van der Waals surface area contributed by atoms with Gasteiger partial charge in [-0.2, -0.15) is 0 Å². The van der Waals surface area contributed by atoms with Crippen LogP contribution in [0.15, 0.2) is 60.8 Å². The molecule has 2 aromatic carbocycles. The van der Waals surface area contributed by atoms with Crippen molar-refractivity contribution in [3.8, 4) is 22.4 Å². The SMILES string of the molecule is CC(C)c1ccccc1-c1cnc(N2CCN(C(=O)OC(C)(C)C)CC2)c2cc(Cl)c(-c3ccccc3F)nc12. The van der Waals surface area contributed by atoms with E-state index < -0.39 is 5.60 Å². The predicted octanol–water partition coefficient (Wildman–Crippen LogP) is 7.94. The molecule has 8 heteroatoms. The van der Waals surface area contributed by atoms with Gasteiger partial charge in [0, 0.05) is 48.9 Å². The Labute approximate surface area is 239 Å². The van der Waals surface area contributed by atoms with Crippen molar-refractivity contribution >= 4 is 34.4 Å². The highest BCUT2D eigenvalue weighted by atomic mass is 35.5. The average molecular weight is 561 g/mol. The highest BCUT2D eigenvalue weighted by Gasteiger charge is 2.28. The number of halogens is 2. The Bertz CT molecular complexity index is 1560. The third-order valence-electron chi connectivity index (χ3n) is 7.02. The maximum atomic E-state index is 14.9. The van der Waals surface area contributed by atoms with Crippen LogP contribution in [-0.4, -0.2) is 52.7 Å². The fourth-order valence-corrected chi connectivity index (χ4v) is 5.34. The smallest absolute Gasteiger partial charge is 0.410 e. The molecule has 5 rings (SSSR count). The Morgan fingerprint density at radius 2 is 1.62 bits per heavy atom. The largest absolute Gasteiger partial charge is 0.444 e. The maximum Gasteiger partial charge on any atom is 0.410 e. The van der Waals surface area contributed by atoms with Gasteiger partial charge in [0.15, 0.2) is 0 Å². The minimum atomic E-state index is -0.549. The number of rotatable bonds is 4. The highest BCUT2D eigenvalue weighted by Crippen LogP contribution is 2.40. The van der Waals surface area contributed by atoms with Gasteiger partial charge in [0.25, 0.3) is 0 Å². The molecule has 6 nitrogen and oxygen atoms in total. The summed E-state index contributed by atoms with van der Waals surface area (Å²) in [6, 6.07) is 16.6. The number of ether oxygens (including phenoxy) is 1. The standard InChI is InChI=1S/C32H34ClFN4O2/c1-20(2)21-10-6-7-11-22(21)25-19-35-30(37-14-16-38(17-15-37)31(39)40-32(3,4)5)24-18-26(33)29(36-28(24)25)23-12-8-9-13-27(23)34/h6-13,18-20H,14-17H2,1-5H3. The van der Waals surface area contributed by atoms with E-state index in [9.17, 15) is 9.18 Å². The number of pyridine rings is 2. The van der Waals surface area contributed by atoms with Crippen molar-refractivity contribution in [1.29, 1.82) is 0 Å². The molecule has 4 aromatic rings. The number of piperazine rings is 1. The first kappa shape index (κ1) is 27.8. The molecule has 2 aromatic heterocycles. The van der Waals surface area contributed by atoms with Crippen molar-refractivity contribution in [3.63, 3.8) is 0 Å². The van der Waals surface area contributed by atoms with Crippen LogP contribution < -0.4 is 4.90 Å². The number of nitrogens with zero attached hydrogens (tertiary/aromatic N) is 4. The van der Waals surface area contributed by atoms with E-state index in [4.69, 9.17) is 26.3 Å². The summed E-state index contributed by atoms with van der Waals surface area (Å²) in [5, 5.41) is 1.13. The van der Waals surface area contributed by atoms with Gasteiger partial charge in [-0.3, -0.25) is 0 Å². The van der Waals surface area contributed by atoms with Crippen LogP contribution in [-0.2, 0) is 4.74 Å². The minimum absolute atomic E-state index is 0.283. The molecule has 0 radical (unpaired) electrons. The molecule has 0 saturated carbocycles. The lowest BCUT2D eigenvalue weighted by Gasteiger charge is -2.36. The number of hydrogen-bond acceptors (Lipinski definition) is 5. The summed E-state index contributed by atoms with van der Waals surface area (Å²) in [7, 11) is 0. The summed E-state index contributed by atoms with van der Waals surface area (Å²) in [5.41, 5.74) is 3.97. The Hall–Kier alpha value is -3.71. The van der Waals surface area contributed by atoms with Crippen molar-refractivity contribution in [3.05, 3.63) is 77.2 Å². The second kappa shape index (κ2) is 11.0. The topological polar surface area (TPSA) is 58.6 Å². The van der Waals surface area contributed by atoms with Crippen LogP contribution in [0, 0.1) is 5.82 Å². The van der Waals surface area contributed by atoms with Crippen LogP contribution in [0.1, 0.15) is 46.1 Å². The quantitative estimate of drug-likeness (QED) is 0.253. The van der Waals surface area contributed by atoms with Gasteiger partial charge in [-0.15, -0.1) is 0 Å². The fourth-order valence-electron chi connectivity index (χ4n) is 5.09. The second-order valence-electron chi connectivity index (χ2n) is 11.4. The van der Waals surface area contributed by atoms with Gasteiger partial charge >= 0.3 is 6.09 Å². The summed E-state index contributed by atoms with van der Waals surface area (Å²) < 4.78 is 20.4. The lowest BCUT2D eigenvalue weighted by Crippen LogP contribution is -2.50. The lowest BCUT2D eigenvalue weighted by atomic mass is 9.92. The Morgan fingerprint density at radius 3 is 2.27 bits per heavy atom. The molecule has 40 heavy (non-hydrogen) atoms. The monoisotopic (exact) mass is 560 g/mol. The third-order valence-corrected chi connectivity index (χ3v) is 7.31. The van der Waals surface area contributed by atoms with E-state index in [0.717, 1.165) is 22.3 Å². The Balaban J connectivity index is 1.61. The number of anilines is 1. The lowest BCUT2D eigenvalue weighted by molar-refractivity contribution is 0.0240. The predicted molar refractivity (Wildman–Crippen MR) is 159 cm³/mol. The Kier molecular flexibility index (Phi) is 7.69. The van der Waals surface area contributed by atoms with Crippen LogP contribution >= 0.6 is 11.6 Å². The van der Waals surface area contributed by atoms with Gasteiger partial charge in [-0.1, -0.05) is 61.8 Å². The van der Waals surface area contributed by atoms with Crippen molar-refractivity contribution in [2.24, 2.45) is 0 Å². The van der Waals surface area contributed by atoms with E-state index in [1.54, 1.807) is 23.1 Å². The first-order valence-corrected chi connectivity index (χ1v) is 14.0. The highest BCUT2D eigenvalue weighted by molar-refractivity contribution is 6.34. The van der Waals surface area contributed by atoms with E-state index in [2.05, 4.69) is 30.9 Å². The fraction of sp³-hybridized carbons (Fsp3) is 0.344. The van der Waals surface area contributed by atoms with E-state index >= 15 is 0 Å². The molecule has 1 aliphatic heterocycles. The zero-order chi connectivity index (χ0) is 28.6. The molecule has 1 fully saturated rings. The van der Waals surface area contributed by atoms with Crippen LogP contribution in [0.3, 0.4) is 0 Å². The zero-order valence-corrected chi connectivity index (χ0v) is 24.3. The van der Waals surface area contributed by atoms with E-state index in [-0.39, 0.29) is 17.8 Å². The molecular weight excluding hydrogens is 527 g/mol. The number of hydrogen-bond donors (Lipinski definition) is 0. The molecule has 0 atom stereocenters. The van der Waals surface area contributed by atoms with Crippen LogP contribution in [0.2, 0.25) is 5.02 Å². The Morgan fingerprint density at radius 1 is 0.975 bits per heavy atom. The van der Waals surface area contributed by atoms with Crippen LogP contribution in [0.4, 0.5) is 15.0 Å². The minimum Gasteiger partial charge on any atom is -0.444 e. The molecule has 1 amide bonds. The second-order valence-corrected chi connectivity index (χ2v) is 11.8. The molecule has 208 valence electrons. The molecule has 3 heterocycles. The molecule has 0 aliphatic carbocycles. The number of fused-ring (bicyclic) bond motifs is 1. The average Bonchev–Trinajstić information content (AvgIpc) is 2.92. The number of carbonyl (C=O) groups excluding carboxylic acids is 1. The number of amides is 1. The summed E-state index contributed by atoms with van der Waals surface area (Å²) in [4.78, 5) is 26.4. The van der Waals surface area contributed by atoms with Gasteiger partial charge < -0.3 is 14.5 Å². The summed E-state index contributed by atoms with van der Waals surface area (Å²) in [6.45, 7) is 12.1. The van der Waals surface area contributed by atoms with Crippen LogP contribution in [0.5, 0.6) is 0 Å². The van der Waals surface area contributed by atoms with Gasteiger partial charge in [-0.25, -0.2) is 19.2 Å². The van der Waals surface area contributed by atoms with Crippen molar-refractivity contribution < 1.29 is 13.9 Å². The molecule has 1 aliphatic rings. The van der Waals surface area contributed by atoms with Gasteiger partial charge in [-0.05, 0) is 56.0 Å². The normalized spacial score (nSPS) is 14.2. The number of carbonyl (C=O) groups is 1.